The Hall–Kier alpha value is 0.00338. The van der Waals surface area contributed by atoms with Gasteiger partial charge in [0.25, 0.3) is 0 Å². The molecule has 1 aliphatic rings. The molecule has 0 bridgehead atoms. The van der Waals surface area contributed by atoms with Crippen molar-refractivity contribution in [3.8, 4) is 0 Å². The zero-order chi connectivity index (χ0) is 20.6. The Labute approximate surface area is 187 Å². The second-order valence-corrected chi connectivity index (χ2v) is 9.61. The second kappa shape index (κ2) is 13.3. The number of nitrogens with one attached hydrogen (secondary N) is 1. The number of halogens is 1. The molecule has 1 fully saturated rings. The van der Waals surface area contributed by atoms with Crippen LogP contribution in [0, 0.1) is 7.43 Å². The van der Waals surface area contributed by atoms with Gasteiger partial charge in [0.05, 0.1) is 10.0 Å². The van der Waals surface area contributed by atoms with Gasteiger partial charge in [0, 0.05) is 5.75 Å². The molecule has 28 heavy (non-hydrogen) atoms. The summed E-state index contributed by atoms with van der Waals surface area (Å²) in [6.07, 6.45) is 3.99. The first-order valence-corrected chi connectivity index (χ1v) is 13.5. The molecule has 2 rings (SSSR count). The first-order valence-electron chi connectivity index (χ1n) is 9.62. The first kappa shape index (κ1) is 28.0. The molecule has 0 aliphatic heterocycles. The SMILES string of the molecule is CC(C)c1cccc(C(C)C)c1CCS(=O)(=O)[N-]C1CCCCC1[NH-].[CH3-].[Cl][Ru+3]. The molecule has 1 aromatic rings. The third-order valence-corrected chi connectivity index (χ3v) is 6.44. The molecule has 162 valence electrons. The molecule has 2 atom stereocenters. The van der Waals surface area contributed by atoms with E-state index in [1.807, 2.05) is 17.3 Å². The summed E-state index contributed by atoms with van der Waals surface area (Å²) in [7, 11) is 1.08. The Morgan fingerprint density at radius 1 is 1.11 bits per heavy atom. The van der Waals surface area contributed by atoms with Crippen molar-refractivity contribution in [2.75, 3.05) is 5.75 Å². The summed E-state index contributed by atoms with van der Waals surface area (Å²) >= 11 is 1.82. The van der Waals surface area contributed by atoms with Crippen molar-refractivity contribution in [1.29, 1.82) is 0 Å². The van der Waals surface area contributed by atoms with Gasteiger partial charge in [0.15, 0.2) is 0 Å². The average molecular weight is 516 g/mol. The number of hydrogen-bond acceptors (Lipinski definition) is 2. The summed E-state index contributed by atoms with van der Waals surface area (Å²) in [5.41, 5.74) is 11.7. The first-order chi connectivity index (χ1) is 12.7. The third-order valence-electron chi connectivity index (χ3n) is 5.13. The molecule has 0 heterocycles. The van der Waals surface area contributed by atoms with Crippen molar-refractivity contribution in [3.63, 3.8) is 0 Å². The topological polar surface area (TPSA) is 72.0 Å². The maximum atomic E-state index is 12.5. The zero-order valence-electron chi connectivity index (χ0n) is 17.7. The van der Waals surface area contributed by atoms with E-state index >= 15 is 0 Å². The van der Waals surface area contributed by atoms with Gasteiger partial charge in [-0.25, -0.2) is 8.42 Å². The molecular formula is C21H35ClN2O2RuS. The molecule has 0 aromatic heterocycles. The van der Waals surface area contributed by atoms with Crippen LogP contribution in [0.3, 0.4) is 0 Å². The molecule has 0 radical (unpaired) electrons. The predicted octanol–water partition coefficient (Wildman–Crippen LogP) is 6.68. The standard InChI is InChI=1S/C20H32N2O2S.CH3.ClH.Ru/c1-14(2)16-8-7-9-17(15(3)4)18(16)12-13-25(23,24)22-20-11-6-5-10-19(20)21;;;/h7-9,14-15,19-21H,5-6,10-13H2,1-4H3;1H3;1H;/q-2;-1;;+4/p-1. The number of rotatable bonds is 7. The van der Waals surface area contributed by atoms with Gasteiger partial charge in [0.1, 0.15) is 0 Å². The van der Waals surface area contributed by atoms with E-state index in [-0.39, 0.29) is 25.3 Å². The quantitative estimate of drug-likeness (QED) is 0.300. The summed E-state index contributed by atoms with van der Waals surface area (Å²) in [6.45, 7) is 8.59. The third kappa shape index (κ3) is 8.40. The molecular weight excluding hydrogens is 481 g/mol. The van der Waals surface area contributed by atoms with Crippen LogP contribution < -0.4 is 0 Å². The van der Waals surface area contributed by atoms with Crippen LogP contribution in [-0.2, 0) is 33.8 Å². The van der Waals surface area contributed by atoms with Crippen molar-refractivity contribution in [2.45, 2.75) is 83.7 Å². The number of nitrogens with zero attached hydrogens (tertiary/aromatic N) is 1. The minimum absolute atomic E-state index is 0. The summed E-state index contributed by atoms with van der Waals surface area (Å²) in [6, 6.07) is 5.58. The summed E-state index contributed by atoms with van der Waals surface area (Å²) in [4.78, 5) is 0. The average Bonchev–Trinajstić information content (AvgIpc) is 2.63. The summed E-state index contributed by atoms with van der Waals surface area (Å²) < 4.78 is 29.2. The van der Waals surface area contributed by atoms with Crippen LogP contribution >= 0.6 is 9.69 Å². The molecule has 1 N–H and O–H groups in total. The fourth-order valence-electron chi connectivity index (χ4n) is 3.72. The molecule has 1 aliphatic carbocycles. The van der Waals surface area contributed by atoms with Gasteiger partial charge in [-0.1, -0.05) is 71.6 Å². The van der Waals surface area contributed by atoms with Crippen LogP contribution in [0.5, 0.6) is 0 Å². The molecule has 0 spiro atoms. The number of benzene rings is 1. The molecule has 7 heteroatoms. The van der Waals surface area contributed by atoms with E-state index in [4.69, 9.17) is 5.73 Å². The minimum atomic E-state index is -3.49. The van der Waals surface area contributed by atoms with Gasteiger partial charge in [-0.15, -0.1) is 6.04 Å². The van der Waals surface area contributed by atoms with Crippen molar-refractivity contribution in [3.05, 3.63) is 52.8 Å². The van der Waals surface area contributed by atoms with E-state index in [0.29, 0.717) is 18.3 Å². The fraction of sp³-hybridized carbons (Fsp3) is 0.667. The maximum absolute atomic E-state index is 12.5. The van der Waals surface area contributed by atoms with E-state index in [9.17, 15) is 8.42 Å². The predicted molar refractivity (Wildman–Crippen MR) is 118 cm³/mol. The molecule has 2 unspecified atom stereocenters. The van der Waals surface area contributed by atoms with E-state index in [0.717, 1.165) is 31.2 Å². The Balaban J connectivity index is 0.00000235. The van der Waals surface area contributed by atoms with Crippen molar-refractivity contribution < 1.29 is 25.7 Å². The summed E-state index contributed by atoms with van der Waals surface area (Å²) in [5.74, 6) is 0.772. The van der Waals surface area contributed by atoms with E-state index in [2.05, 4.69) is 60.3 Å². The van der Waals surface area contributed by atoms with Crippen molar-refractivity contribution >= 4 is 19.7 Å². The van der Waals surface area contributed by atoms with Crippen molar-refractivity contribution in [2.24, 2.45) is 0 Å². The molecule has 0 saturated heterocycles. The van der Waals surface area contributed by atoms with E-state index in [1.165, 1.54) is 11.1 Å². The molecule has 4 nitrogen and oxygen atoms in total. The van der Waals surface area contributed by atoms with E-state index in [1.54, 1.807) is 0 Å². The Morgan fingerprint density at radius 2 is 1.61 bits per heavy atom. The van der Waals surface area contributed by atoms with Crippen LogP contribution in [0.1, 0.15) is 81.9 Å². The number of sulfonamides is 1. The van der Waals surface area contributed by atoms with Crippen LogP contribution in [0.2, 0.25) is 0 Å². The molecule has 1 saturated carbocycles. The van der Waals surface area contributed by atoms with Gasteiger partial charge in [-0.3, -0.25) is 0 Å². The van der Waals surface area contributed by atoms with Gasteiger partial charge in [0.2, 0.25) is 0 Å². The van der Waals surface area contributed by atoms with Crippen LogP contribution in [0.15, 0.2) is 18.2 Å². The Kier molecular flexibility index (Phi) is 13.3. The zero-order valence-corrected chi connectivity index (χ0v) is 21.0. The van der Waals surface area contributed by atoms with Gasteiger partial charge in [-0.05, 0) is 34.9 Å². The second-order valence-electron chi connectivity index (χ2n) is 7.82. The number of hydrogen-bond donors (Lipinski definition) is 0. The van der Waals surface area contributed by atoms with E-state index < -0.39 is 10.0 Å². The van der Waals surface area contributed by atoms with Crippen LogP contribution in [0.25, 0.3) is 10.5 Å². The van der Waals surface area contributed by atoms with Crippen LogP contribution in [-0.4, -0.2) is 26.3 Å². The normalized spacial score (nSPS) is 19.7. The van der Waals surface area contributed by atoms with Crippen molar-refractivity contribution in [1.82, 2.24) is 0 Å². The monoisotopic (exact) mass is 516 g/mol. The summed E-state index contributed by atoms with van der Waals surface area (Å²) in [5, 5.41) is 0. The molecule has 0 amide bonds. The van der Waals surface area contributed by atoms with Gasteiger partial charge in [-0.2, -0.15) is 6.04 Å². The van der Waals surface area contributed by atoms with Gasteiger partial charge < -0.3 is 17.9 Å². The fourth-order valence-corrected chi connectivity index (χ4v) is 4.95. The van der Waals surface area contributed by atoms with Gasteiger partial charge >= 0.3 is 27.0 Å². The molecule has 1 aromatic carbocycles. The Morgan fingerprint density at radius 3 is 2.07 bits per heavy atom. The van der Waals surface area contributed by atoms with Crippen LogP contribution in [0.4, 0.5) is 0 Å². The Bertz CT molecular complexity index is 655.